The third-order valence-electron chi connectivity index (χ3n) is 1.65. The molecule has 0 bridgehead atoms. The van der Waals surface area contributed by atoms with Crippen molar-refractivity contribution < 1.29 is 0 Å². The fourth-order valence-corrected chi connectivity index (χ4v) is 1.08. The smallest absolute Gasteiger partial charge is 0.221 e. The van der Waals surface area contributed by atoms with E-state index in [-0.39, 0.29) is 5.95 Å². The standard InChI is InChI=1S/C8H10N6/c1-14-5-6(4-11-14)12-7-2-3-10-8(9)13-7/h2-5H,1H3,(H3,9,10,12,13). The molecule has 2 heterocycles. The maximum absolute atomic E-state index is 5.43. The number of hydrogen-bond donors (Lipinski definition) is 2. The molecule has 6 nitrogen and oxygen atoms in total. The molecular formula is C8H10N6. The molecule has 0 aliphatic rings. The maximum Gasteiger partial charge on any atom is 0.221 e. The second-order valence-electron chi connectivity index (χ2n) is 2.83. The molecule has 14 heavy (non-hydrogen) atoms. The second kappa shape index (κ2) is 3.33. The Morgan fingerprint density at radius 2 is 2.36 bits per heavy atom. The Morgan fingerprint density at radius 1 is 1.50 bits per heavy atom. The van der Waals surface area contributed by atoms with Gasteiger partial charge in [0, 0.05) is 19.4 Å². The van der Waals surface area contributed by atoms with Crippen LogP contribution in [0.1, 0.15) is 0 Å². The Labute approximate surface area is 80.8 Å². The summed E-state index contributed by atoms with van der Waals surface area (Å²) in [5.74, 6) is 0.907. The van der Waals surface area contributed by atoms with Gasteiger partial charge >= 0.3 is 0 Å². The average molecular weight is 190 g/mol. The summed E-state index contributed by atoms with van der Waals surface area (Å²) in [6.07, 6.45) is 5.15. The van der Waals surface area contributed by atoms with E-state index < -0.39 is 0 Å². The Morgan fingerprint density at radius 3 is 3.00 bits per heavy atom. The van der Waals surface area contributed by atoms with Gasteiger partial charge in [-0.15, -0.1) is 0 Å². The third kappa shape index (κ3) is 1.79. The largest absolute Gasteiger partial charge is 0.368 e. The number of nitrogens with two attached hydrogens (primary N) is 1. The molecule has 3 N–H and O–H groups in total. The van der Waals surface area contributed by atoms with Gasteiger partial charge in [0.15, 0.2) is 0 Å². The first-order valence-corrected chi connectivity index (χ1v) is 4.08. The molecule has 0 aliphatic carbocycles. The van der Waals surface area contributed by atoms with E-state index in [0.717, 1.165) is 5.69 Å². The van der Waals surface area contributed by atoms with E-state index in [0.29, 0.717) is 5.82 Å². The topological polar surface area (TPSA) is 81.7 Å². The molecule has 0 saturated carbocycles. The zero-order valence-electron chi connectivity index (χ0n) is 7.68. The van der Waals surface area contributed by atoms with Crippen molar-refractivity contribution in [2.24, 2.45) is 7.05 Å². The zero-order chi connectivity index (χ0) is 9.97. The lowest BCUT2D eigenvalue weighted by Gasteiger charge is -2.01. The fraction of sp³-hybridized carbons (Fsp3) is 0.125. The number of nitrogens with one attached hydrogen (secondary N) is 1. The first-order chi connectivity index (χ1) is 6.74. The molecular weight excluding hydrogens is 180 g/mol. The van der Waals surface area contributed by atoms with Crippen molar-refractivity contribution in [1.82, 2.24) is 19.7 Å². The van der Waals surface area contributed by atoms with E-state index in [1.165, 1.54) is 0 Å². The van der Waals surface area contributed by atoms with Gasteiger partial charge in [0.25, 0.3) is 0 Å². The molecule has 6 heteroatoms. The number of nitrogen functional groups attached to an aromatic ring is 1. The van der Waals surface area contributed by atoms with Crippen LogP contribution < -0.4 is 11.1 Å². The van der Waals surface area contributed by atoms with E-state index >= 15 is 0 Å². The quantitative estimate of drug-likeness (QED) is 0.722. The van der Waals surface area contributed by atoms with E-state index in [4.69, 9.17) is 5.73 Å². The number of aryl methyl sites for hydroxylation is 1. The van der Waals surface area contributed by atoms with Crippen molar-refractivity contribution in [1.29, 1.82) is 0 Å². The summed E-state index contributed by atoms with van der Waals surface area (Å²) in [6.45, 7) is 0. The van der Waals surface area contributed by atoms with Gasteiger partial charge in [-0.05, 0) is 6.07 Å². The SMILES string of the molecule is Cn1cc(Nc2ccnc(N)n2)cn1. The summed E-state index contributed by atoms with van der Waals surface area (Å²) in [5, 5.41) is 7.07. The maximum atomic E-state index is 5.43. The lowest BCUT2D eigenvalue weighted by molar-refractivity contribution is 0.768. The fourth-order valence-electron chi connectivity index (χ4n) is 1.08. The molecule has 0 spiro atoms. The van der Waals surface area contributed by atoms with E-state index in [1.54, 1.807) is 23.1 Å². The van der Waals surface area contributed by atoms with Crippen molar-refractivity contribution in [3.05, 3.63) is 24.7 Å². The number of anilines is 3. The van der Waals surface area contributed by atoms with E-state index in [9.17, 15) is 0 Å². The van der Waals surface area contributed by atoms with Gasteiger partial charge in [-0.3, -0.25) is 4.68 Å². The predicted molar refractivity (Wildman–Crippen MR) is 52.9 cm³/mol. The van der Waals surface area contributed by atoms with Crippen molar-refractivity contribution in [3.63, 3.8) is 0 Å². The Balaban J connectivity index is 2.18. The summed E-state index contributed by atoms with van der Waals surface area (Å²) in [6, 6.07) is 1.74. The van der Waals surface area contributed by atoms with Crippen LogP contribution in [0.3, 0.4) is 0 Å². The van der Waals surface area contributed by atoms with Gasteiger partial charge in [-0.25, -0.2) is 4.98 Å². The van der Waals surface area contributed by atoms with Crippen LogP contribution in [0.15, 0.2) is 24.7 Å². The molecule has 0 aromatic carbocycles. The molecule has 2 rings (SSSR count). The highest BCUT2D eigenvalue weighted by Gasteiger charge is 1.98. The van der Waals surface area contributed by atoms with Gasteiger partial charge in [0.05, 0.1) is 11.9 Å². The summed E-state index contributed by atoms with van der Waals surface area (Å²) >= 11 is 0. The predicted octanol–water partition coefficient (Wildman–Crippen LogP) is 0.536. The third-order valence-corrected chi connectivity index (χ3v) is 1.65. The first-order valence-electron chi connectivity index (χ1n) is 4.08. The second-order valence-corrected chi connectivity index (χ2v) is 2.83. The minimum absolute atomic E-state index is 0.249. The minimum atomic E-state index is 0.249. The van der Waals surface area contributed by atoms with Gasteiger partial charge in [-0.2, -0.15) is 10.1 Å². The normalized spacial score (nSPS) is 10.1. The van der Waals surface area contributed by atoms with Crippen LogP contribution in [0, 0.1) is 0 Å². The molecule has 0 unspecified atom stereocenters. The summed E-state index contributed by atoms with van der Waals surface area (Å²) in [4.78, 5) is 7.79. The van der Waals surface area contributed by atoms with Crippen LogP contribution in [0.4, 0.5) is 17.5 Å². The highest BCUT2D eigenvalue weighted by molar-refractivity contribution is 5.54. The van der Waals surface area contributed by atoms with Crippen LogP contribution in [-0.4, -0.2) is 19.7 Å². The van der Waals surface area contributed by atoms with Crippen LogP contribution >= 0.6 is 0 Å². The molecule has 0 fully saturated rings. The number of aromatic nitrogens is 4. The molecule has 0 atom stereocenters. The van der Waals surface area contributed by atoms with Gasteiger partial charge < -0.3 is 11.1 Å². The van der Waals surface area contributed by atoms with Crippen LogP contribution in [0.2, 0.25) is 0 Å². The van der Waals surface area contributed by atoms with Gasteiger partial charge in [0.1, 0.15) is 5.82 Å². The Bertz CT molecular complexity index is 435. The Hall–Kier alpha value is -2.11. The van der Waals surface area contributed by atoms with Crippen LogP contribution in [-0.2, 0) is 7.05 Å². The van der Waals surface area contributed by atoms with Crippen LogP contribution in [0.25, 0.3) is 0 Å². The summed E-state index contributed by atoms with van der Waals surface area (Å²) < 4.78 is 1.70. The number of rotatable bonds is 2. The Kier molecular flexibility index (Phi) is 2.02. The van der Waals surface area contributed by atoms with Crippen molar-refractivity contribution in [2.75, 3.05) is 11.1 Å². The first kappa shape index (κ1) is 8.49. The van der Waals surface area contributed by atoms with E-state index in [2.05, 4.69) is 20.4 Å². The minimum Gasteiger partial charge on any atom is -0.368 e. The molecule has 0 aliphatic heterocycles. The molecule has 2 aromatic heterocycles. The molecule has 0 amide bonds. The monoisotopic (exact) mass is 190 g/mol. The highest BCUT2D eigenvalue weighted by Crippen LogP contribution is 2.12. The van der Waals surface area contributed by atoms with Crippen LogP contribution in [0.5, 0.6) is 0 Å². The van der Waals surface area contributed by atoms with Gasteiger partial charge in [0.2, 0.25) is 5.95 Å². The molecule has 0 saturated heterocycles. The molecule has 0 radical (unpaired) electrons. The number of nitrogens with zero attached hydrogens (tertiary/aromatic N) is 4. The molecule has 72 valence electrons. The lowest BCUT2D eigenvalue weighted by Crippen LogP contribution is -1.98. The van der Waals surface area contributed by atoms with Gasteiger partial charge in [-0.1, -0.05) is 0 Å². The van der Waals surface area contributed by atoms with Crippen molar-refractivity contribution in [2.45, 2.75) is 0 Å². The highest BCUT2D eigenvalue weighted by atomic mass is 15.3. The lowest BCUT2D eigenvalue weighted by atomic mass is 10.5. The summed E-state index contributed by atoms with van der Waals surface area (Å²) in [7, 11) is 1.85. The van der Waals surface area contributed by atoms with Crippen molar-refractivity contribution >= 4 is 17.5 Å². The summed E-state index contributed by atoms with van der Waals surface area (Å²) in [5.41, 5.74) is 6.30. The zero-order valence-corrected chi connectivity index (χ0v) is 7.68. The number of hydrogen-bond acceptors (Lipinski definition) is 5. The average Bonchev–Trinajstić information content (AvgIpc) is 2.51. The van der Waals surface area contributed by atoms with Crippen molar-refractivity contribution in [3.8, 4) is 0 Å². The molecule has 2 aromatic rings. The van der Waals surface area contributed by atoms with E-state index in [1.807, 2.05) is 13.2 Å².